The molecule has 22 rings (SSSR count). The maximum Gasteiger partial charge on any atom is 0.187 e. The predicted octanol–water partition coefficient (Wildman–Crippen LogP) is -13.1. The molecule has 22 fully saturated rings. The van der Waals surface area contributed by atoms with Crippen LogP contribution in [-0.2, 0) is 56.8 Å². The van der Waals surface area contributed by atoms with Crippen LogP contribution < -0.4 is 0 Å². The van der Waals surface area contributed by atoms with Gasteiger partial charge in [-0.3, -0.25) is 0 Å². The summed E-state index contributed by atoms with van der Waals surface area (Å²) in [4.78, 5) is 0. The summed E-state index contributed by atoms with van der Waals surface area (Å²) >= 11 is 0. The average Bonchev–Trinajstić information content (AvgIpc) is 3.31. The second kappa shape index (κ2) is 22.1. The Kier molecular flexibility index (Phi) is 17.6. The molecule has 25 unspecified atom stereocenters. The van der Waals surface area contributed by atoms with Gasteiger partial charge in [-0.15, -0.1) is 0 Å². The summed E-state index contributed by atoms with van der Waals surface area (Å²) in [5, 5.41) is 196. The normalized spacial score (nSPS) is 55.4. The molecule has 66 heavy (non-hydrogen) atoms. The van der Waals surface area contributed by atoms with Gasteiger partial charge in [0.05, 0.1) is 39.6 Å². The molecular formula is C36H60O30. The zero-order valence-electron chi connectivity index (χ0n) is 34.5. The molecule has 22 heterocycles. The first-order valence-electron chi connectivity index (χ1n) is 21.1. The fraction of sp³-hybridized carbons (Fsp3) is 1.00. The van der Waals surface area contributed by atoms with E-state index in [-0.39, 0.29) is 0 Å². The zero-order valence-corrected chi connectivity index (χ0v) is 34.5. The summed E-state index contributed by atoms with van der Waals surface area (Å²) in [6.45, 7) is -5.99. The maximum atomic E-state index is 11.2. The second-order valence-corrected chi connectivity index (χ2v) is 16.8. The van der Waals surface area contributed by atoms with Crippen LogP contribution >= 0.6 is 0 Å². The number of ether oxygens (including phenoxy) is 12. The van der Waals surface area contributed by atoms with Gasteiger partial charge in [-0.25, -0.2) is 0 Å². The van der Waals surface area contributed by atoms with E-state index in [1.165, 1.54) is 0 Å². The van der Waals surface area contributed by atoms with Crippen molar-refractivity contribution in [2.45, 2.75) is 184 Å². The Labute approximate surface area is 372 Å². The van der Waals surface area contributed by atoms with E-state index in [2.05, 4.69) is 0 Å². The van der Waals surface area contributed by atoms with E-state index in [4.69, 9.17) is 56.8 Å². The average molecular weight is 973 g/mol. The van der Waals surface area contributed by atoms with Crippen molar-refractivity contribution < 1.29 is 149 Å². The molecule has 22 aliphatic heterocycles. The lowest BCUT2D eigenvalue weighted by Crippen LogP contribution is -2.69. The van der Waals surface area contributed by atoms with Crippen molar-refractivity contribution >= 4 is 0 Å². The molecule has 384 valence electrons. The van der Waals surface area contributed by atoms with Crippen molar-refractivity contribution in [2.75, 3.05) is 39.6 Å². The van der Waals surface area contributed by atoms with Gasteiger partial charge in [-0.1, -0.05) is 0 Å². The molecular weight excluding hydrogens is 912 g/mol. The highest BCUT2D eigenvalue weighted by Crippen LogP contribution is 2.38. The van der Waals surface area contributed by atoms with Gasteiger partial charge in [0.15, 0.2) is 37.7 Å². The van der Waals surface area contributed by atoms with E-state index in [1.807, 2.05) is 0 Å². The van der Waals surface area contributed by atoms with E-state index >= 15 is 0 Å². The third-order valence-corrected chi connectivity index (χ3v) is 12.7. The standard InChI is InChI=1S/C36H60O30/c37-1-7-25-13(43)19(49)31(55-7)62-26-8(2-38)57-33(21(51)15(26)45)64-28-10(4-40)59-35(23(53)17(28)47)66-30-12(6-42)60-36(24(54)18(30)48)65-29-11(5-41)58-34(22(52)16(29)46)63-27-9(3-39)56-32(61-25)20(50)14(27)44/h7-54H,1-6H2/t7-,8?,9?,10?,11?,12?,13?,14?,15?,16?,17?,18-,19-,20?,21?,22?,23?,24+,25?,26?,27?,28?,29?,30-,31?,32?,33?,34?,35?,36?/m1/s1. The van der Waals surface area contributed by atoms with Gasteiger partial charge >= 0.3 is 0 Å². The summed E-state index contributed by atoms with van der Waals surface area (Å²) in [7, 11) is 0. The van der Waals surface area contributed by atoms with Gasteiger partial charge in [0, 0.05) is 0 Å². The minimum atomic E-state index is -2.15. The quantitative estimate of drug-likeness (QED) is 0.117. The van der Waals surface area contributed by atoms with Gasteiger partial charge in [0.2, 0.25) is 0 Å². The van der Waals surface area contributed by atoms with Gasteiger partial charge in [0.1, 0.15) is 146 Å². The molecule has 12 bridgehead atoms. The van der Waals surface area contributed by atoms with Crippen LogP contribution in [0.3, 0.4) is 0 Å². The van der Waals surface area contributed by atoms with Crippen molar-refractivity contribution in [1.82, 2.24) is 0 Å². The zero-order chi connectivity index (χ0) is 48.0. The number of aliphatic hydroxyl groups excluding tert-OH is 18. The van der Waals surface area contributed by atoms with Gasteiger partial charge < -0.3 is 149 Å². The summed E-state index contributed by atoms with van der Waals surface area (Å²) in [6.07, 6.45) is -58.5. The molecule has 0 saturated carbocycles. The van der Waals surface area contributed by atoms with E-state index in [1.54, 1.807) is 0 Å². The summed E-state index contributed by atoms with van der Waals surface area (Å²) in [6, 6.07) is 0. The van der Waals surface area contributed by atoms with Gasteiger partial charge in [-0.2, -0.15) is 0 Å². The molecule has 18 N–H and O–H groups in total. The Morgan fingerprint density at radius 2 is 0.303 bits per heavy atom. The Hall–Kier alpha value is -1.20. The minimum absolute atomic E-state index is 0.999. The molecule has 30 atom stereocenters. The van der Waals surface area contributed by atoms with Crippen molar-refractivity contribution in [3.63, 3.8) is 0 Å². The predicted molar refractivity (Wildman–Crippen MR) is 196 cm³/mol. The highest BCUT2D eigenvalue weighted by atomic mass is 16.8. The summed E-state index contributed by atoms with van der Waals surface area (Å²) in [5.74, 6) is 0. The van der Waals surface area contributed by atoms with E-state index in [0.717, 1.165) is 0 Å². The van der Waals surface area contributed by atoms with Crippen molar-refractivity contribution in [3.8, 4) is 0 Å². The van der Waals surface area contributed by atoms with Crippen molar-refractivity contribution in [3.05, 3.63) is 0 Å². The first kappa shape index (κ1) is 52.6. The Bertz CT molecular complexity index is 1230. The van der Waals surface area contributed by atoms with Gasteiger partial charge in [-0.05, 0) is 0 Å². The highest BCUT2D eigenvalue weighted by molar-refractivity contribution is 5.01. The number of rotatable bonds is 6. The molecule has 22 aliphatic rings. The molecule has 22 saturated heterocycles. The second-order valence-electron chi connectivity index (χ2n) is 16.8. The molecule has 30 nitrogen and oxygen atoms in total. The molecule has 0 aromatic rings. The van der Waals surface area contributed by atoms with Crippen LogP contribution in [0.15, 0.2) is 0 Å². The monoisotopic (exact) mass is 972 g/mol. The Morgan fingerprint density at radius 3 is 0.409 bits per heavy atom. The summed E-state index contributed by atoms with van der Waals surface area (Å²) < 4.78 is 67.9. The summed E-state index contributed by atoms with van der Waals surface area (Å²) in [5.41, 5.74) is 0. The molecule has 0 aromatic heterocycles. The Morgan fingerprint density at radius 1 is 0.182 bits per heavy atom. The van der Waals surface area contributed by atoms with Crippen LogP contribution in [0.1, 0.15) is 0 Å². The number of aliphatic hydroxyl groups is 18. The number of hydrogen-bond acceptors (Lipinski definition) is 30. The van der Waals surface area contributed by atoms with E-state index in [0.29, 0.717) is 0 Å². The third-order valence-electron chi connectivity index (χ3n) is 12.7. The van der Waals surface area contributed by atoms with Crippen molar-refractivity contribution in [1.29, 1.82) is 0 Å². The smallest absolute Gasteiger partial charge is 0.187 e. The lowest BCUT2D eigenvalue weighted by molar-refractivity contribution is -0.404. The maximum absolute atomic E-state index is 11.2. The molecule has 0 radical (unpaired) electrons. The molecule has 0 amide bonds. The van der Waals surface area contributed by atoms with Crippen molar-refractivity contribution in [2.24, 2.45) is 0 Å². The SMILES string of the molecule is OCC1OC2OC3C(O)[C@@H](O)C(OC4C(CO)OC(OC5C(CO)OC(O[C@@H]6C(CO)OC(OC7C(CO)OC(OC1C(O)C2O)C(O)C7O)[C@@H](O)[C@H]6O)C(O)C5O)C(O)C4O)O[C@@H]3CO. The highest BCUT2D eigenvalue weighted by Gasteiger charge is 2.58. The first-order valence-corrected chi connectivity index (χ1v) is 21.1. The van der Waals surface area contributed by atoms with E-state index in [9.17, 15) is 91.9 Å². The number of hydrogen-bond donors (Lipinski definition) is 18. The van der Waals surface area contributed by atoms with E-state index < -0.39 is 224 Å². The van der Waals surface area contributed by atoms with Crippen LogP contribution in [0.4, 0.5) is 0 Å². The van der Waals surface area contributed by atoms with Crippen LogP contribution in [0, 0.1) is 0 Å². The Balaban J connectivity index is 1.19. The van der Waals surface area contributed by atoms with Crippen LogP contribution in [0.2, 0.25) is 0 Å². The lowest BCUT2D eigenvalue weighted by atomic mass is 9.94. The first-order chi connectivity index (χ1) is 31.4. The lowest BCUT2D eigenvalue weighted by Gasteiger charge is -2.50. The third kappa shape index (κ3) is 10.0. The molecule has 30 heteroatoms. The van der Waals surface area contributed by atoms with Crippen LogP contribution in [0.5, 0.6) is 0 Å². The van der Waals surface area contributed by atoms with Crippen LogP contribution in [-0.4, -0.2) is 316 Å². The molecule has 0 aromatic carbocycles. The molecule has 0 spiro atoms. The fourth-order valence-corrected chi connectivity index (χ4v) is 8.93. The van der Waals surface area contributed by atoms with Crippen LogP contribution in [0.25, 0.3) is 0 Å². The van der Waals surface area contributed by atoms with Gasteiger partial charge in [0.25, 0.3) is 0 Å². The largest absolute Gasteiger partial charge is 0.394 e. The minimum Gasteiger partial charge on any atom is -0.394 e. The molecule has 0 aliphatic carbocycles. The fourth-order valence-electron chi connectivity index (χ4n) is 8.93. The topological polar surface area (TPSA) is 475 Å².